The summed E-state index contributed by atoms with van der Waals surface area (Å²) in [6, 6.07) is 10.9. The van der Waals surface area contributed by atoms with Crippen LogP contribution in [-0.4, -0.2) is 49.0 Å². The molecule has 2 heterocycles. The standard InChI is InChI=1S/C15H22NO2/c1-16(2)13-8-15(17,9-14(16)11-18-10-13)12-6-4-3-5-7-12/h3-7,13-14,17H,8-11H2,1-2H3/q+1. The fourth-order valence-corrected chi connectivity index (χ4v) is 3.46. The van der Waals surface area contributed by atoms with Crippen molar-refractivity contribution in [3.63, 3.8) is 0 Å². The van der Waals surface area contributed by atoms with E-state index in [-0.39, 0.29) is 0 Å². The zero-order valence-corrected chi connectivity index (χ0v) is 11.2. The number of quaternary nitrogens is 1. The Morgan fingerprint density at radius 2 is 1.67 bits per heavy atom. The van der Waals surface area contributed by atoms with Gasteiger partial charge in [0.25, 0.3) is 0 Å². The monoisotopic (exact) mass is 248 g/mol. The van der Waals surface area contributed by atoms with E-state index in [2.05, 4.69) is 14.1 Å². The van der Waals surface area contributed by atoms with Gasteiger partial charge in [-0.3, -0.25) is 0 Å². The molecule has 2 fully saturated rings. The third kappa shape index (κ3) is 1.78. The number of aliphatic hydroxyl groups is 1. The second-order valence-electron chi connectivity index (χ2n) is 6.28. The molecule has 98 valence electrons. The van der Waals surface area contributed by atoms with E-state index in [4.69, 9.17) is 4.74 Å². The van der Waals surface area contributed by atoms with Crippen LogP contribution >= 0.6 is 0 Å². The fourth-order valence-electron chi connectivity index (χ4n) is 3.46. The Morgan fingerprint density at radius 3 is 2.22 bits per heavy atom. The van der Waals surface area contributed by atoms with Gasteiger partial charge in [0.15, 0.2) is 0 Å². The fraction of sp³-hybridized carbons (Fsp3) is 0.600. The molecule has 0 aliphatic carbocycles. The number of likely N-dealkylation sites (N-methyl/N-ethyl adjacent to an activating group) is 1. The van der Waals surface area contributed by atoms with Gasteiger partial charge in [0, 0.05) is 12.8 Å². The molecule has 0 amide bonds. The second-order valence-corrected chi connectivity index (χ2v) is 6.28. The maximum absolute atomic E-state index is 11.0. The molecule has 0 aromatic heterocycles. The summed E-state index contributed by atoms with van der Waals surface area (Å²) in [7, 11) is 4.53. The van der Waals surface area contributed by atoms with Crippen LogP contribution < -0.4 is 0 Å². The molecule has 2 saturated heterocycles. The Kier molecular flexibility index (Phi) is 2.73. The molecule has 0 radical (unpaired) electrons. The number of ether oxygens (including phenoxy) is 1. The Morgan fingerprint density at radius 1 is 1.11 bits per heavy atom. The highest BCUT2D eigenvalue weighted by molar-refractivity contribution is 5.23. The highest BCUT2D eigenvalue weighted by Crippen LogP contribution is 2.43. The number of piperidine rings is 1. The quantitative estimate of drug-likeness (QED) is 0.763. The van der Waals surface area contributed by atoms with Crippen molar-refractivity contribution >= 4 is 0 Å². The molecule has 1 aromatic carbocycles. The summed E-state index contributed by atoms with van der Waals surface area (Å²) in [5.74, 6) is 0. The lowest BCUT2D eigenvalue weighted by molar-refractivity contribution is -0.955. The minimum atomic E-state index is -0.672. The van der Waals surface area contributed by atoms with Crippen LogP contribution in [0, 0.1) is 0 Å². The maximum Gasteiger partial charge on any atom is 0.116 e. The van der Waals surface area contributed by atoms with Crippen LogP contribution in [0.2, 0.25) is 0 Å². The first-order chi connectivity index (χ1) is 8.52. The number of benzene rings is 1. The van der Waals surface area contributed by atoms with Gasteiger partial charge in [-0.2, -0.15) is 0 Å². The molecule has 2 atom stereocenters. The summed E-state index contributed by atoms with van der Waals surface area (Å²) in [5.41, 5.74) is 0.385. The number of morpholine rings is 1. The van der Waals surface area contributed by atoms with Crippen LogP contribution in [0.5, 0.6) is 0 Å². The highest BCUT2D eigenvalue weighted by Gasteiger charge is 2.53. The number of fused-ring (bicyclic) bond motifs is 2. The Hall–Kier alpha value is -0.900. The first kappa shape index (κ1) is 12.2. The molecule has 2 bridgehead atoms. The summed E-state index contributed by atoms with van der Waals surface area (Å²) >= 11 is 0. The van der Waals surface area contributed by atoms with E-state index in [1.807, 2.05) is 30.3 Å². The molecule has 2 aliphatic heterocycles. The Balaban J connectivity index is 1.93. The first-order valence-corrected chi connectivity index (χ1v) is 6.71. The number of hydrogen-bond acceptors (Lipinski definition) is 2. The number of rotatable bonds is 1. The van der Waals surface area contributed by atoms with E-state index in [1.165, 1.54) is 0 Å². The molecule has 3 heteroatoms. The van der Waals surface area contributed by atoms with Gasteiger partial charge in [0.2, 0.25) is 0 Å². The van der Waals surface area contributed by atoms with Crippen molar-refractivity contribution in [1.29, 1.82) is 0 Å². The van der Waals surface area contributed by atoms with Gasteiger partial charge in [-0.1, -0.05) is 30.3 Å². The lowest BCUT2D eigenvalue weighted by Gasteiger charge is -2.55. The molecule has 0 spiro atoms. The maximum atomic E-state index is 11.0. The Bertz CT molecular complexity index is 413. The van der Waals surface area contributed by atoms with E-state index in [1.54, 1.807) is 0 Å². The van der Waals surface area contributed by atoms with Crippen LogP contribution in [0.15, 0.2) is 30.3 Å². The van der Waals surface area contributed by atoms with Crippen LogP contribution in [0.3, 0.4) is 0 Å². The minimum Gasteiger partial charge on any atom is -0.385 e. The molecule has 1 N–H and O–H groups in total. The molecule has 18 heavy (non-hydrogen) atoms. The van der Waals surface area contributed by atoms with Crippen molar-refractivity contribution in [2.45, 2.75) is 30.5 Å². The van der Waals surface area contributed by atoms with Gasteiger partial charge in [-0.05, 0) is 5.56 Å². The van der Waals surface area contributed by atoms with Crippen LogP contribution in [0.1, 0.15) is 18.4 Å². The molecule has 2 unspecified atom stereocenters. The smallest absolute Gasteiger partial charge is 0.116 e. The topological polar surface area (TPSA) is 29.5 Å². The van der Waals surface area contributed by atoms with Crippen molar-refractivity contribution in [1.82, 2.24) is 0 Å². The van der Waals surface area contributed by atoms with Crippen LogP contribution in [0.25, 0.3) is 0 Å². The normalized spacial score (nSPS) is 38.4. The SMILES string of the molecule is C[N+]1(C)C2COCC1CC(O)(c1ccccc1)C2. The van der Waals surface area contributed by atoms with Gasteiger partial charge in [-0.25, -0.2) is 0 Å². The van der Waals surface area contributed by atoms with Gasteiger partial charge >= 0.3 is 0 Å². The molecule has 3 rings (SSSR count). The number of nitrogens with zero attached hydrogens (tertiary/aromatic N) is 1. The summed E-state index contributed by atoms with van der Waals surface area (Å²) < 4.78 is 6.66. The Labute approximate surface area is 109 Å². The van der Waals surface area contributed by atoms with Crippen molar-refractivity contribution in [2.24, 2.45) is 0 Å². The molecule has 0 saturated carbocycles. The van der Waals surface area contributed by atoms with E-state index >= 15 is 0 Å². The zero-order valence-electron chi connectivity index (χ0n) is 11.2. The van der Waals surface area contributed by atoms with Crippen LogP contribution in [-0.2, 0) is 10.3 Å². The van der Waals surface area contributed by atoms with E-state index in [0.29, 0.717) is 12.1 Å². The summed E-state index contributed by atoms with van der Waals surface area (Å²) in [4.78, 5) is 0. The molecule has 3 nitrogen and oxygen atoms in total. The minimum absolute atomic E-state index is 0.391. The summed E-state index contributed by atoms with van der Waals surface area (Å²) in [6.07, 6.45) is 1.58. The summed E-state index contributed by atoms with van der Waals surface area (Å²) in [6.45, 7) is 1.53. The lowest BCUT2D eigenvalue weighted by atomic mass is 9.76. The third-order valence-corrected chi connectivity index (χ3v) is 4.96. The lowest BCUT2D eigenvalue weighted by Crippen LogP contribution is -2.68. The predicted octanol–water partition coefficient (Wildman–Crippen LogP) is 1.51. The zero-order chi connectivity index (χ0) is 12.8. The van der Waals surface area contributed by atoms with Crippen molar-refractivity contribution in [2.75, 3.05) is 27.3 Å². The van der Waals surface area contributed by atoms with Gasteiger partial charge < -0.3 is 14.3 Å². The average molecular weight is 248 g/mol. The second kappa shape index (κ2) is 4.05. The largest absolute Gasteiger partial charge is 0.385 e. The molecule has 2 aliphatic rings. The van der Waals surface area contributed by atoms with Crippen molar-refractivity contribution < 1.29 is 14.3 Å². The van der Waals surface area contributed by atoms with Gasteiger partial charge in [0.05, 0.1) is 27.3 Å². The average Bonchev–Trinajstić information content (AvgIpc) is 2.33. The highest BCUT2D eigenvalue weighted by atomic mass is 16.5. The van der Waals surface area contributed by atoms with Crippen LogP contribution in [0.4, 0.5) is 0 Å². The first-order valence-electron chi connectivity index (χ1n) is 6.71. The van der Waals surface area contributed by atoms with E-state index in [9.17, 15) is 5.11 Å². The third-order valence-electron chi connectivity index (χ3n) is 4.96. The number of hydrogen-bond donors (Lipinski definition) is 1. The molecular weight excluding hydrogens is 226 g/mol. The van der Waals surface area contributed by atoms with E-state index in [0.717, 1.165) is 36.1 Å². The molecular formula is C15H22NO2+. The van der Waals surface area contributed by atoms with Crippen molar-refractivity contribution in [3.05, 3.63) is 35.9 Å². The van der Waals surface area contributed by atoms with E-state index < -0.39 is 5.60 Å². The van der Waals surface area contributed by atoms with Gasteiger partial charge in [-0.15, -0.1) is 0 Å². The molecule has 1 aromatic rings. The predicted molar refractivity (Wildman–Crippen MR) is 70.1 cm³/mol. The summed E-state index contributed by atoms with van der Waals surface area (Å²) in [5, 5.41) is 11.0. The van der Waals surface area contributed by atoms with Crippen molar-refractivity contribution in [3.8, 4) is 0 Å². The van der Waals surface area contributed by atoms with Gasteiger partial charge in [0.1, 0.15) is 17.7 Å².